The van der Waals surface area contributed by atoms with Gasteiger partial charge in [-0.25, -0.2) is 12.8 Å². The molecular formula is C13H13BrFN3O2S. The summed E-state index contributed by atoms with van der Waals surface area (Å²) in [5.74, 6) is -0.540. The van der Waals surface area contributed by atoms with Gasteiger partial charge in [0.2, 0.25) is 0 Å². The van der Waals surface area contributed by atoms with Crippen LogP contribution in [0, 0.1) is 12.7 Å². The molecule has 2 heterocycles. The van der Waals surface area contributed by atoms with Crippen molar-refractivity contribution >= 4 is 31.6 Å². The first-order valence-electron chi connectivity index (χ1n) is 6.31. The molecule has 1 aliphatic rings. The second kappa shape index (κ2) is 4.81. The molecule has 21 heavy (non-hydrogen) atoms. The molecule has 0 bridgehead atoms. The zero-order chi connectivity index (χ0) is 15.4. The van der Waals surface area contributed by atoms with Gasteiger partial charge in [-0.2, -0.15) is 5.10 Å². The van der Waals surface area contributed by atoms with Crippen molar-refractivity contribution in [1.82, 2.24) is 9.78 Å². The van der Waals surface area contributed by atoms with Crippen LogP contribution in [0.15, 0.2) is 27.7 Å². The Hall–Kier alpha value is -1.41. The highest BCUT2D eigenvalue weighted by Gasteiger charge is 2.35. The largest absolute Gasteiger partial charge is 0.272 e. The Balaban J connectivity index is 2.15. The molecule has 0 saturated heterocycles. The summed E-state index contributed by atoms with van der Waals surface area (Å²) >= 11 is 3.22. The average Bonchev–Trinajstić information content (AvgIpc) is 2.95. The van der Waals surface area contributed by atoms with E-state index in [1.54, 1.807) is 20.0 Å². The summed E-state index contributed by atoms with van der Waals surface area (Å²) < 4.78 is 42.9. The van der Waals surface area contributed by atoms with Gasteiger partial charge >= 0.3 is 0 Å². The van der Waals surface area contributed by atoms with E-state index in [9.17, 15) is 12.8 Å². The van der Waals surface area contributed by atoms with Crippen LogP contribution < -0.4 is 4.31 Å². The summed E-state index contributed by atoms with van der Waals surface area (Å²) in [6.45, 7) is 1.91. The number of hydrogen-bond acceptors (Lipinski definition) is 3. The van der Waals surface area contributed by atoms with Crippen molar-refractivity contribution in [3.05, 3.63) is 39.9 Å². The van der Waals surface area contributed by atoms with E-state index in [0.717, 1.165) is 4.31 Å². The molecule has 112 valence electrons. The van der Waals surface area contributed by atoms with Crippen LogP contribution in [-0.4, -0.2) is 24.7 Å². The molecule has 0 spiro atoms. The second-order valence-electron chi connectivity index (χ2n) is 4.94. The van der Waals surface area contributed by atoms with E-state index < -0.39 is 15.8 Å². The Labute approximate surface area is 130 Å². The van der Waals surface area contributed by atoms with Gasteiger partial charge in [-0.3, -0.25) is 8.99 Å². The molecule has 1 aromatic heterocycles. The molecule has 0 unspecified atom stereocenters. The van der Waals surface area contributed by atoms with Crippen LogP contribution >= 0.6 is 15.9 Å². The zero-order valence-electron chi connectivity index (χ0n) is 11.5. The normalized spacial score (nSPS) is 14.6. The number of rotatable bonds is 2. The number of aryl methyl sites for hydroxylation is 1. The fourth-order valence-electron chi connectivity index (χ4n) is 2.51. The Bertz CT molecular complexity index is 832. The van der Waals surface area contributed by atoms with Crippen LogP contribution in [0.2, 0.25) is 0 Å². The minimum atomic E-state index is -3.80. The van der Waals surface area contributed by atoms with E-state index >= 15 is 0 Å². The highest BCUT2D eigenvalue weighted by Crippen LogP contribution is 2.37. The van der Waals surface area contributed by atoms with E-state index in [0.29, 0.717) is 22.2 Å². The number of sulfonamides is 1. The Morgan fingerprint density at radius 3 is 2.71 bits per heavy atom. The monoisotopic (exact) mass is 373 g/mol. The lowest BCUT2D eigenvalue weighted by Gasteiger charge is -2.19. The first kappa shape index (κ1) is 14.5. The van der Waals surface area contributed by atoms with Crippen LogP contribution in [0.5, 0.6) is 0 Å². The van der Waals surface area contributed by atoms with Crippen LogP contribution in [0.3, 0.4) is 0 Å². The van der Waals surface area contributed by atoms with E-state index in [1.165, 1.54) is 16.9 Å². The van der Waals surface area contributed by atoms with Crippen molar-refractivity contribution in [3.63, 3.8) is 0 Å². The third kappa shape index (κ3) is 2.17. The second-order valence-corrected chi connectivity index (χ2v) is 7.69. The Kier molecular flexibility index (Phi) is 3.32. The summed E-state index contributed by atoms with van der Waals surface area (Å²) in [6, 6.07) is 3.03. The molecule has 2 aromatic rings. The predicted molar refractivity (Wildman–Crippen MR) is 80.3 cm³/mol. The van der Waals surface area contributed by atoms with Gasteiger partial charge < -0.3 is 0 Å². The molecule has 0 saturated carbocycles. The topological polar surface area (TPSA) is 55.2 Å². The van der Waals surface area contributed by atoms with Gasteiger partial charge in [-0.05, 0) is 31.0 Å². The summed E-state index contributed by atoms with van der Waals surface area (Å²) in [4.78, 5) is 0.111. The molecule has 5 nitrogen and oxygen atoms in total. The number of hydrogen-bond donors (Lipinski definition) is 0. The van der Waals surface area contributed by atoms with E-state index in [4.69, 9.17) is 0 Å². The van der Waals surface area contributed by atoms with Gasteiger partial charge in [0.05, 0.1) is 17.6 Å². The molecule has 0 N–H and O–H groups in total. The van der Waals surface area contributed by atoms with Gasteiger partial charge in [-0.1, -0.05) is 15.9 Å². The predicted octanol–water partition coefficient (Wildman–Crippen LogP) is 2.38. The van der Waals surface area contributed by atoms with Gasteiger partial charge in [0.25, 0.3) is 10.0 Å². The lowest BCUT2D eigenvalue weighted by molar-refractivity contribution is 0.587. The average molecular weight is 374 g/mol. The Morgan fingerprint density at radius 1 is 1.38 bits per heavy atom. The minimum Gasteiger partial charge on any atom is -0.272 e. The summed E-state index contributed by atoms with van der Waals surface area (Å²) in [7, 11) is -2.13. The number of halogens is 2. The van der Waals surface area contributed by atoms with Gasteiger partial charge in [0.15, 0.2) is 0 Å². The van der Waals surface area contributed by atoms with Crippen molar-refractivity contribution in [1.29, 1.82) is 0 Å². The van der Waals surface area contributed by atoms with Crippen LogP contribution in [0.25, 0.3) is 0 Å². The van der Waals surface area contributed by atoms with Crippen molar-refractivity contribution in [2.75, 3.05) is 10.8 Å². The van der Waals surface area contributed by atoms with Crippen molar-refractivity contribution in [2.45, 2.75) is 18.2 Å². The molecule has 0 radical (unpaired) electrons. The number of aromatic nitrogens is 2. The van der Waals surface area contributed by atoms with E-state index in [1.807, 2.05) is 0 Å². The maximum absolute atomic E-state index is 14.2. The molecule has 8 heteroatoms. The van der Waals surface area contributed by atoms with Crippen LogP contribution in [0.4, 0.5) is 10.1 Å². The maximum Gasteiger partial charge on any atom is 0.267 e. The molecule has 0 fully saturated rings. The van der Waals surface area contributed by atoms with Gasteiger partial charge in [0, 0.05) is 18.1 Å². The van der Waals surface area contributed by atoms with Crippen molar-refractivity contribution in [3.8, 4) is 0 Å². The highest BCUT2D eigenvalue weighted by molar-refractivity contribution is 9.10. The highest BCUT2D eigenvalue weighted by atomic mass is 79.9. The lowest BCUT2D eigenvalue weighted by atomic mass is 10.2. The third-order valence-corrected chi connectivity index (χ3v) is 6.06. The summed E-state index contributed by atoms with van der Waals surface area (Å²) in [6.07, 6.45) is 1.80. The fraction of sp³-hybridized carbons (Fsp3) is 0.308. The SMILES string of the molecule is Cc1c(S(=O)(=O)N2CCc3cc(Br)cc(F)c32)cnn1C. The Morgan fingerprint density at radius 2 is 2.10 bits per heavy atom. The van der Waals surface area contributed by atoms with Crippen molar-refractivity contribution in [2.24, 2.45) is 7.05 Å². The smallest absolute Gasteiger partial charge is 0.267 e. The molecular weight excluding hydrogens is 361 g/mol. The zero-order valence-corrected chi connectivity index (χ0v) is 13.9. The molecule has 0 aliphatic carbocycles. The fourth-order valence-corrected chi connectivity index (χ4v) is 4.69. The quantitative estimate of drug-likeness (QED) is 0.811. The minimum absolute atomic E-state index is 0.111. The van der Waals surface area contributed by atoms with Crippen molar-refractivity contribution < 1.29 is 12.8 Å². The number of fused-ring (bicyclic) bond motifs is 1. The number of nitrogens with zero attached hydrogens (tertiary/aromatic N) is 3. The summed E-state index contributed by atoms with van der Waals surface area (Å²) in [5, 5.41) is 3.96. The maximum atomic E-state index is 14.2. The third-order valence-electron chi connectivity index (χ3n) is 3.70. The first-order valence-corrected chi connectivity index (χ1v) is 8.55. The van der Waals surface area contributed by atoms with Gasteiger partial charge in [-0.15, -0.1) is 0 Å². The van der Waals surface area contributed by atoms with Crippen LogP contribution in [-0.2, 0) is 23.5 Å². The number of anilines is 1. The van der Waals surface area contributed by atoms with Crippen LogP contribution in [0.1, 0.15) is 11.3 Å². The standard InChI is InChI=1S/C13H13BrFN3O2S/c1-8-12(7-16-17(8)2)21(19,20)18-4-3-9-5-10(14)6-11(15)13(9)18/h5-7H,3-4H2,1-2H3. The summed E-state index contributed by atoms with van der Waals surface area (Å²) in [5.41, 5.74) is 1.36. The van der Waals surface area contributed by atoms with E-state index in [2.05, 4.69) is 21.0 Å². The van der Waals surface area contributed by atoms with E-state index in [-0.39, 0.29) is 17.1 Å². The molecule has 1 aromatic carbocycles. The lowest BCUT2D eigenvalue weighted by Crippen LogP contribution is -2.30. The number of benzene rings is 1. The first-order chi connectivity index (χ1) is 9.82. The molecule has 3 rings (SSSR count). The molecule has 1 aliphatic heterocycles. The molecule has 0 amide bonds. The molecule has 0 atom stereocenters. The van der Waals surface area contributed by atoms with Gasteiger partial charge in [0.1, 0.15) is 10.7 Å².